The second kappa shape index (κ2) is 8.44. The van der Waals surface area contributed by atoms with Crippen LogP contribution in [0.5, 0.6) is 5.75 Å². The third-order valence-electron chi connectivity index (χ3n) is 4.40. The molecule has 1 unspecified atom stereocenters. The Hall–Kier alpha value is -2.53. The van der Waals surface area contributed by atoms with Crippen LogP contribution in [0.15, 0.2) is 48.5 Å². The van der Waals surface area contributed by atoms with Gasteiger partial charge in [-0.25, -0.2) is 0 Å². The largest absolute Gasteiger partial charge is 0.491 e. The van der Waals surface area contributed by atoms with Gasteiger partial charge in [0.1, 0.15) is 5.75 Å². The van der Waals surface area contributed by atoms with E-state index in [0.717, 1.165) is 11.3 Å². The summed E-state index contributed by atoms with van der Waals surface area (Å²) in [5.74, 6) is 0.204. The number of anilines is 1. The lowest BCUT2D eigenvalue weighted by Crippen LogP contribution is -2.28. The fourth-order valence-electron chi connectivity index (χ4n) is 3.07. The van der Waals surface area contributed by atoms with Gasteiger partial charge in [-0.15, -0.1) is 0 Å². The van der Waals surface area contributed by atoms with Gasteiger partial charge in [-0.1, -0.05) is 29.8 Å². The van der Waals surface area contributed by atoms with Crippen LogP contribution in [-0.4, -0.2) is 29.4 Å². The monoisotopic (exact) mass is 386 g/mol. The highest BCUT2D eigenvalue weighted by atomic mass is 35.5. The summed E-state index contributed by atoms with van der Waals surface area (Å²) in [4.78, 5) is 26.5. The second-order valence-corrected chi connectivity index (χ2v) is 7.35. The van der Waals surface area contributed by atoms with Crippen molar-refractivity contribution >= 4 is 29.1 Å². The minimum absolute atomic E-state index is 0.0317. The summed E-state index contributed by atoms with van der Waals surface area (Å²) in [7, 11) is 0. The molecule has 2 aromatic carbocycles. The summed E-state index contributed by atoms with van der Waals surface area (Å²) in [6, 6.07) is 14.7. The zero-order valence-corrected chi connectivity index (χ0v) is 16.2. The van der Waals surface area contributed by atoms with Crippen LogP contribution in [0.3, 0.4) is 0 Å². The first kappa shape index (κ1) is 19.2. The summed E-state index contributed by atoms with van der Waals surface area (Å²) >= 11 is 6.17. The molecule has 0 bridgehead atoms. The number of carbonyl (C=O) groups is 2. The van der Waals surface area contributed by atoms with Gasteiger partial charge in [-0.05, 0) is 49.7 Å². The number of rotatable bonds is 6. The molecule has 0 radical (unpaired) electrons. The lowest BCUT2D eigenvalue weighted by atomic mass is 10.1. The molecular weight excluding hydrogens is 364 g/mol. The molecule has 1 saturated heterocycles. The highest BCUT2D eigenvalue weighted by molar-refractivity contribution is 6.31. The maximum Gasteiger partial charge on any atom is 0.229 e. The number of benzene rings is 2. The molecule has 2 aromatic rings. The third-order valence-corrected chi connectivity index (χ3v) is 4.77. The van der Waals surface area contributed by atoms with Gasteiger partial charge in [0.2, 0.25) is 11.8 Å². The highest BCUT2D eigenvalue weighted by Gasteiger charge is 2.34. The highest BCUT2D eigenvalue weighted by Crippen LogP contribution is 2.25. The Bertz CT molecular complexity index is 820. The Morgan fingerprint density at radius 2 is 1.93 bits per heavy atom. The number of nitrogens with one attached hydrogen (secondary N) is 1. The van der Waals surface area contributed by atoms with E-state index >= 15 is 0 Å². The molecule has 0 aliphatic carbocycles. The molecule has 6 heteroatoms. The number of ether oxygens (including phenoxy) is 1. The van der Waals surface area contributed by atoms with E-state index in [0.29, 0.717) is 23.8 Å². The predicted molar refractivity (Wildman–Crippen MR) is 106 cm³/mol. The van der Waals surface area contributed by atoms with Crippen molar-refractivity contribution in [3.8, 4) is 5.75 Å². The molecule has 2 amide bonds. The smallest absolute Gasteiger partial charge is 0.229 e. The molecule has 5 nitrogen and oxygen atoms in total. The van der Waals surface area contributed by atoms with Gasteiger partial charge in [0, 0.05) is 30.2 Å². The Morgan fingerprint density at radius 3 is 2.59 bits per heavy atom. The van der Waals surface area contributed by atoms with Gasteiger partial charge in [-0.2, -0.15) is 0 Å². The van der Waals surface area contributed by atoms with Crippen molar-refractivity contribution in [3.63, 3.8) is 0 Å². The van der Waals surface area contributed by atoms with Crippen molar-refractivity contribution < 1.29 is 14.3 Å². The molecule has 0 aromatic heterocycles. The summed E-state index contributed by atoms with van der Waals surface area (Å²) < 4.78 is 5.59. The summed E-state index contributed by atoms with van der Waals surface area (Å²) in [5.41, 5.74) is 1.57. The van der Waals surface area contributed by atoms with Crippen LogP contribution in [0.4, 0.5) is 5.69 Å². The lowest BCUT2D eigenvalue weighted by Gasteiger charge is -2.17. The van der Waals surface area contributed by atoms with Crippen LogP contribution < -0.4 is 10.1 Å². The zero-order chi connectivity index (χ0) is 19.4. The number of halogens is 1. The number of nitrogens with zero attached hydrogens (tertiary/aromatic N) is 1. The molecule has 0 saturated carbocycles. The van der Waals surface area contributed by atoms with Crippen LogP contribution in [0.1, 0.15) is 25.8 Å². The number of likely N-dealkylation sites (tertiary alicyclic amines) is 1. The minimum atomic E-state index is -0.369. The van der Waals surface area contributed by atoms with Gasteiger partial charge in [0.25, 0.3) is 0 Å². The van der Waals surface area contributed by atoms with E-state index in [2.05, 4.69) is 5.32 Å². The Balaban J connectivity index is 1.58. The average molecular weight is 387 g/mol. The molecule has 27 heavy (non-hydrogen) atoms. The van der Waals surface area contributed by atoms with Gasteiger partial charge in [-0.3, -0.25) is 9.59 Å². The van der Waals surface area contributed by atoms with Gasteiger partial charge < -0.3 is 15.0 Å². The van der Waals surface area contributed by atoms with Gasteiger partial charge in [0.05, 0.1) is 12.0 Å². The normalized spacial score (nSPS) is 16.7. The third kappa shape index (κ3) is 5.01. The molecular formula is C21H23ClN2O3. The number of hydrogen-bond acceptors (Lipinski definition) is 3. The average Bonchev–Trinajstić information content (AvgIpc) is 2.99. The van der Waals surface area contributed by atoms with Crippen molar-refractivity contribution in [1.29, 1.82) is 0 Å². The standard InChI is InChI=1S/C21H23ClN2O3/c1-14(2)27-18-9-7-17(8-10-18)23-21(26)16-11-20(25)24(13-16)12-15-5-3-4-6-19(15)22/h3-10,14,16H,11-13H2,1-2H3,(H,23,26). The molecule has 1 heterocycles. The fraction of sp³-hybridized carbons (Fsp3) is 0.333. The van der Waals surface area contributed by atoms with Crippen molar-refractivity contribution in [2.75, 3.05) is 11.9 Å². The maximum atomic E-state index is 12.5. The SMILES string of the molecule is CC(C)Oc1ccc(NC(=O)C2CC(=O)N(Cc3ccccc3Cl)C2)cc1. The first-order chi connectivity index (χ1) is 12.9. The van der Waals surface area contributed by atoms with Crippen LogP contribution in [0.25, 0.3) is 0 Å². The van der Waals surface area contributed by atoms with E-state index < -0.39 is 0 Å². The van der Waals surface area contributed by atoms with E-state index in [1.54, 1.807) is 23.1 Å². The fourth-order valence-corrected chi connectivity index (χ4v) is 3.26. The summed E-state index contributed by atoms with van der Waals surface area (Å²) in [6.45, 7) is 4.73. The number of amides is 2. The zero-order valence-electron chi connectivity index (χ0n) is 15.4. The molecule has 0 spiro atoms. The van der Waals surface area contributed by atoms with Crippen LogP contribution in [0.2, 0.25) is 5.02 Å². The lowest BCUT2D eigenvalue weighted by molar-refractivity contribution is -0.128. The van der Waals surface area contributed by atoms with Crippen molar-refractivity contribution in [2.45, 2.75) is 32.9 Å². The number of hydrogen-bond donors (Lipinski definition) is 1. The Labute approximate surface area is 164 Å². The molecule has 1 atom stereocenters. The molecule has 1 aliphatic heterocycles. The summed E-state index contributed by atoms with van der Waals surface area (Å²) in [5, 5.41) is 3.51. The van der Waals surface area contributed by atoms with E-state index in [-0.39, 0.29) is 30.3 Å². The van der Waals surface area contributed by atoms with Crippen molar-refractivity contribution in [1.82, 2.24) is 4.90 Å². The van der Waals surface area contributed by atoms with Gasteiger partial charge >= 0.3 is 0 Å². The number of carbonyl (C=O) groups excluding carboxylic acids is 2. The first-order valence-electron chi connectivity index (χ1n) is 9.01. The topological polar surface area (TPSA) is 58.6 Å². The molecule has 142 valence electrons. The summed E-state index contributed by atoms with van der Waals surface area (Å²) in [6.07, 6.45) is 0.309. The quantitative estimate of drug-likeness (QED) is 0.812. The maximum absolute atomic E-state index is 12.5. The Kier molecular flexibility index (Phi) is 6.01. The minimum Gasteiger partial charge on any atom is -0.491 e. The van der Waals surface area contributed by atoms with E-state index in [9.17, 15) is 9.59 Å². The molecule has 1 N–H and O–H groups in total. The van der Waals surface area contributed by atoms with Crippen molar-refractivity contribution in [3.05, 3.63) is 59.1 Å². The first-order valence-corrected chi connectivity index (χ1v) is 9.39. The van der Waals surface area contributed by atoms with Crippen LogP contribution in [0, 0.1) is 5.92 Å². The second-order valence-electron chi connectivity index (χ2n) is 6.95. The van der Waals surface area contributed by atoms with E-state index in [4.69, 9.17) is 16.3 Å². The van der Waals surface area contributed by atoms with E-state index in [1.807, 2.05) is 44.2 Å². The van der Waals surface area contributed by atoms with E-state index in [1.165, 1.54) is 0 Å². The molecule has 3 rings (SSSR count). The van der Waals surface area contributed by atoms with Crippen molar-refractivity contribution in [2.24, 2.45) is 5.92 Å². The Morgan fingerprint density at radius 1 is 1.22 bits per heavy atom. The van der Waals surface area contributed by atoms with Crippen LogP contribution >= 0.6 is 11.6 Å². The molecule has 1 fully saturated rings. The van der Waals surface area contributed by atoms with Crippen LogP contribution in [-0.2, 0) is 16.1 Å². The molecule has 1 aliphatic rings. The predicted octanol–water partition coefficient (Wildman–Crippen LogP) is 4.11. The van der Waals surface area contributed by atoms with Gasteiger partial charge in [0.15, 0.2) is 0 Å².